The molecule has 0 unspecified atom stereocenters. The molecule has 2 aromatic rings. The van der Waals surface area contributed by atoms with Gasteiger partial charge >= 0.3 is 0 Å². The summed E-state index contributed by atoms with van der Waals surface area (Å²) in [5, 5.41) is 3.89. The molecule has 0 saturated carbocycles. The van der Waals surface area contributed by atoms with E-state index in [0.29, 0.717) is 27.1 Å². The fourth-order valence-electron chi connectivity index (χ4n) is 3.70. The van der Waals surface area contributed by atoms with E-state index < -0.39 is 9.84 Å². The number of aliphatic imine (C=N–C) groups is 1. The minimum atomic E-state index is -3.19. The van der Waals surface area contributed by atoms with E-state index >= 15 is 0 Å². The van der Waals surface area contributed by atoms with Crippen LogP contribution in [0.4, 0.5) is 11.4 Å². The lowest BCUT2D eigenvalue weighted by atomic mass is 10.1. The van der Waals surface area contributed by atoms with Crippen molar-refractivity contribution in [3.8, 4) is 0 Å². The number of thioether (sulfide) groups is 1. The number of rotatable bonds is 5. The summed E-state index contributed by atoms with van der Waals surface area (Å²) < 4.78 is 24.3. The Labute approximate surface area is 189 Å². The molecular weight excluding hydrogens is 458 g/mol. The highest BCUT2D eigenvalue weighted by molar-refractivity contribution is 8.14. The van der Waals surface area contributed by atoms with Gasteiger partial charge in [-0.1, -0.05) is 41.6 Å². The van der Waals surface area contributed by atoms with E-state index in [2.05, 4.69) is 10.3 Å². The first-order valence-corrected chi connectivity index (χ1v) is 12.8. The number of Topliss-reactive ketones (excluding diaryl/α,β-unsaturated/α-hetero) is 1. The zero-order valence-corrected chi connectivity index (χ0v) is 19.0. The maximum atomic E-state index is 12.4. The van der Waals surface area contributed by atoms with E-state index in [-0.39, 0.29) is 41.0 Å². The summed E-state index contributed by atoms with van der Waals surface area (Å²) in [5.41, 5.74) is 1.82. The predicted molar refractivity (Wildman–Crippen MR) is 125 cm³/mol. The molecule has 1 fully saturated rings. The number of halogens is 1. The predicted octanol–water partition coefficient (Wildman–Crippen LogP) is 3.26. The van der Waals surface area contributed by atoms with Crippen LogP contribution in [0.1, 0.15) is 17.3 Å². The third-order valence-corrected chi connectivity index (χ3v) is 7.98. The van der Waals surface area contributed by atoms with Crippen molar-refractivity contribution < 1.29 is 18.0 Å². The van der Waals surface area contributed by atoms with Gasteiger partial charge in [0, 0.05) is 22.0 Å². The molecule has 1 amide bonds. The standard InChI is InChI=1S/C21H20ClN3O4S2/c1-13(26)14-4-2-7-17(8-14)25-19-12-31(28,29)11-18(19)24-21(25)30-10-20(27)23-16-6-3-5-15(22)9-16/h2-9,18-19H,10-12H2,1H3,(H,23,27)/t18-,19+/m0/s1. The van der Waals surface area contributed by atoms with Crippen molar-refractivity contribution in [3.63, 3.8) is 0 Å². The molecule has 4 rings (SSSR count). The van der Waals surface area contributed by atoms with Crippen molar-refractivity contribution in [2.45, 2.75) is 19.0 Å². The highest BCUT2D eigenvalue weighted by atomic mass is 35.5. The third kappa shape index (κ3) is 4.94. The van der Waals surface area contributed by atoms with Gasteiger partial charge in [-0.15, -0.1) is 0 Å². The number of amidine groups is 1. The van der Waals surface area contributed by atoms with Gasteiger partial charge in [0.25, 0.3) is 0 Å². The molecule has 2 atom stereocenters. The van der Waals surface area contributed by atoms with E-state index in [1.165, 1.54) is 18.7 Å². The molecule has 0 aromatic heterocycles. The number of benzene rings is 2. The topological polar surface area (TPSA) is 95.9 Å². The van der Waals surface area contributed by atoms with Crippen molar-refractivity contribution in [1.82, 2.24) is 0 Å². The molecular formula is C21H20ClN3O4S2. The number of carbonyl (C=O) groups excluding carboxylic acids is 2. The second-order valence-electron chi connectivity index (χ2n) is 7.45. The number of sulfone groups is 1. The molecule has 162 valence electrons. The molecule has 1 N–H and O–H groups in total. The van der Waals surface area contributed by atoms with Crippen LogP contribution in [0.5, 0.6) is 0 Å². The van der Waals surface area contributed by atoms with Gasteiger partial charge in [0.2, 0.25) is 5.91 Å². The summed E-state index contributed by atoms with van der Waals surface area (Å²) in [4.78, 5) is 30.7. The average Bonchev–Trinajstić information content (AvgIpc) is 3.17. The largest absolute Gasteiger partial charge is 0.325 e. The van der Waals surface area contributed by atoms with Crippen molar-refractivity contribution >= 4 is 61.4 Å². The van der Waals surface area contributed by atoms with Crippen LogP contribution < -0.4 is 10.2 Å². The Morgan fingerprint density at radius 3 is 2.71 bits per heavy atom. The molecule has 0 spiro atoms. The van der Waals surface area contributed by atoms with Crippen molar-refractivity contribution in [2.24, 2.45) is 4.99 Å². The Bertz CT molecular complexity index is 1180. The lowest BCUT2D eigenvalue weighted by molar-refractivity contribution is -0.113. The monoisotopic (exact) mass is 477 g/mol. The van der Waals surface area contributed by atoms with Crippen molar-refractivity contribution in [3.05, 3.63) is 59.1 Å². The molecule has 2 aromatic carbocycles. The Hall–Kier alpha value is -2.36. The summed E-state index contributed by atoms with van der Waals surface area (Å²) in [6.45, 7) is 1.48. The molecule has 0 bridgehead atoms. The van der Waals surface area contributed by atoms with Crippen LogP contribution in [0.3, 0.4) is 0 Å². The fraction of sp³-hybridized carbons (Fsp3) is 0.286. The number of carbonyl (C=O) groups is 2. The second-order valence-corrected chi connectivity index (χ2v) is 11.0. The molecule has 0 radical (unpaired) electrons. The van der Waals surface area contributed by atoms with Gasteiger partial charge in [-0.05, 0) is 37.3 Å². The van der Waals surface area contributed by atoms with E-state index in [1.54, 1.807) is 42.5 Å². The van der Waals surface area contributed by atoms with Crippen molar-refractivity contribution in [1.29, 1.82) is 0 Å². The summed E-state index contributed by atoms with van der Waals surface area (Å²) >= 11 is 7.19. The average molecular weight is 478 g/mol. The number of amides is 1. The van der Waals surface area contributed by atoms with Gasteiger partial charge in [0.05, 0.1) is 29.3 Å². The number of nitrogens with one attached hydrogen (secondary N) is 1. The van der Waals surface area contributed by atoms with Crippen LogP contribution in [0.15, 0.2) is 53.5 Å². The SMILES string of the molecule is CC(=O)c1cccc(N2C(SCC(=O)Nc3cccc(Cl)c3)=N[C@H]3CS(=O)(=O)C[C@H]32)c1. The van der Waals surface area contributed by atoms with Gasteiger partial charge in [-0.2, -0.15) is 0 Å². The van der Waals surface area contributed by atoms with Gasteiger partial charge < -0.3 is 10.2 Å². The van der Waals surface area contributed by atoms with Crippen LogP contribution >= 0.6 is 23.4 Å². The molecule has 0 aliphatic carbocycles. The number of hydrogen-bond acceptors (Lipinski definition) is 7. The minimum Gasteiger partial charge on any atom is -0.325 e. The first-order valence-electron chi connectivity index (χ1n) is 9.58. The van der Waals surface area contributed by atoms with Crippen molar-refractivity contribution in [2.75, 3.05) is 27.5 Å². The molecule has 31 heavy (non-hydrogen) atoms. The van der Waals surface area contributed by atoms with E-state index in [9.17, 15) is 18.0 Å². The van der Waals surface area contributed by atoms with Crippen LogP contribution in [-0.2, 0) is 14.6 Å². The summed E-state index contributed by atoms with van der Waals surface area (Å²) in [6, 6.07) is 13.2. The van der Waals surface area contributed by atoms with Gasteiger partial charge in [0.15, 0.2) is 20.8 Å². The zero-order chi connectivity index (χ0) is 22.2. The van der Waals surface area contributed by atoms with E-state index in [1.807, 2.05) is 11.0 Å². The Morgan fingerprint density at radius 2 is 1.97 bits per heavy atom. The van der Waals surface area contributed by atoms with Gasteiger partial charge in [-0.25, -0.2) is 8.42 Å². The lowest BCUT2D eigenvalue weighted by Crippen LogP contribution is -2.39. The zero-order valence-electron chi connectivity index (χ0n) is 16.6. The van der Waals surface area contributed by atoms with E-state index in [4.69, 9.17) is 11.6 Å². The Balaban J connectivity index is 1.54. The van der Waals surface area contributed by atoms with E-state index in [0.717, 1.165) is 0 Å². The first-order chi connectivity index (χ1) is 14.7. The molecule has 10 heteroatoms. The normalized spacial score (nSPS) is 21.5. The van der Waals surface area contributed by atoms with Crippen LogP contribution in [0, 0.1) is 0 Å². The summed E-state index contributed by atoms with van der Waals surface area (Å²) in [6.07, 6.45) is 0. The fourth-order valence-corrected chi connectivity index (χ4v) is 6.66. The molecule has 2 heterocycles. The quantitative estimate of drug-likeness (QED) is 0.664. The maximum absolute atomic E-state index is 12.4. The molecule has 2 aliphatic rings. The Morgan fingerprint density at radius 1 is 1.19 bits per heavy atom. The molecule has 2 aliphatic heterocycles. The number of ketones is 1. The lowest BCUT2D eigenvalue weighted by Gasteiger charge is -2.26. The number of fused-ring (bicyclic) bond motifs is 1. The van der Waals surface area contributed by atoms with Gasteiger partial charge in [-0.3, -0.25) is 14.6 Å². The smallest absolute Gasteiger partial charge is 0.234 e. The van der Waals surface area contributed by atoms with Crippen LogP contribution in [0.25, 0.3) is 0 Å². The van der Waals surface area contributed by atoms with Crippen LogP contribution in [-0.4, -0.2) is 54.6 Å². The summed E-state index contributed by atoms with van der Waals surface area (Å²) in [7, 11) is -3.19. The molecule has 7 nitrogen and oxygen atoms in total. The van der Waals surface area contributed by atoms with Crippen LogP contribution in [0.2, 0.25) is 5.02 Å². The number of anilines is 2. The highest BCUT2D eigenvalue weighted by Gasteiger charge is 2.47. The second kappa shape index (κ2) is 8.64. The first kappa shape index (κ1) is 21.9. The third-order valence-electron chi connectivity index (χ3n) is 5.08. The number of hydrogen-bond donors (Lipinski definition) is 1. The summed E-state index contributed by atoms with van der Waals surface area (Å²) in [5.74, 6) is -0.231. The minimum absolute atomic E-state index is 0.00969. The Kier molecular flexibility index (Phi) is 6.09. The molecule has 1 saturated heterocycles. The highest BCUT2D eigenvalue weighted by Crippen LogP contribution is 2.35. The maximum Gasteiger partial charge on any atom is 0.234 e. The number of nitrogens with zero attached hydrogens (tertiary/aromatic N) is 2. The van der Waals surface area contributed by atoms with Gasteiger partial charge in [0.1, 0.15) is 0 Å².